The van der Waals surface area contributed by atoms with Crippen LogP contribution in [0.1, 0.15) is 0 Å². The maximum Gasteiger partial charge on any atom is 0.317 e. The van der Waals surface area contributed by atoms with E-state index in [1.807, 2.05) is 9.80 Å². The highest BCUT2D eigenvalue weighted by atomic mass is 32.2. The normalized spacial score (nSPS) is 17.1. The minimum absolute atomic E-state index is 0.00892. The molecule has 1 aliphatic rings. The van der Waals surface area contributed by atoms with Crippen LogP contribution in [-0.4, -0.2) is 68.4 Å². The van der Waals surface area contributed by atoms with E-state index < -0.39 is 15.8 Å². The standard InChI is InChI=1S/C12H17N3O4S/c1-20(18,19)10-3-2-4-13-12(10)15-7-5-14(6-8-15)9-11(16)17/h2-4H,5-9H2,1H3,(H,16,17). The minimum Gasteiger partial charge on any atom is -0.480 e. The molecule has 2 heterocycles. The quantitative estimate of drug-likeness (QED) is 0.815. The molecule has 1 N–H and O–H groups in total. The Morgan fingerprint density at radius 2 is 2.00 bits per heavy atom. The molecule has 7 nitrogen and oxygen atoms in total. The molecule has 0 radical (unpaired) electrons. The second-order valence-corrected chi connectivity index (χ2v) is 6.74. The van der Waals surface area contributed by atoms with Crippen LogP contribution in [0.3, 0.4) is 0 Å². The van der Waals surface area contributed by atoms with Crippen molar-refractivity contribution < 1.29 is 18.3 Å². The van der Waals surface area contributed by atoms with E-state index in [2.05, 4.69) is 4.98 Å². The lowest BCUT2D eigenvalue weighted by atomic mass is 10.3. The molecular weight excluding hydrogens is 282 g/mol. The Hall–Kier alpha value is -1.67. The Kier molecular flexibility index (Phi) is 4.24. The molecule has 0 aromatic carbocycles. The highest BCUT2D eigenvalue weighted by Crippen LogP contribution is 2.23. The number of hydrogen-bond acceptors (Lipinski definition) is 6. The zero-order chi connectivity index (χ0) is 14.8. The Morgan fingerprint density at radius 3 is 2.55 bits per heavy atom. The van der Waals surface area contributed by atoms with Crippen molar-refractivity contribution in [2.24, 2.45) is 0 Å². The molecule has 110 valence electrons. The molecule has 1 fully saturated rings. The van der Waals surface area contributed by atoms with E-state index in [0.29, 0.717) is 32.0 Å². The third kappa shape index (κ3) is 3.45. The Bertz CT molecular complexity index is 594. The van der Waals surface area contributed by atoms with Crippen LogP contribution in [0.25, 0.3) is 0 Å². The first-order valence-corrected chi connectivity index (χ1v) is 8.11. The van der Waals surface area contributed by atoms with Gasteiger partial charge in [-0.1, -0.05) is 0 Å². The fourth-order valence-electron chi connectivity index (χ4n) is 2.22. The van der Waals surface area contributed by atoms with Gasteiger partial charge >= 0.3 is 5.97 Å². The lowest BCUT2D eigenvalue weighted by molar-refractivity contribution is -0.138. The number of carboxylic acids is 1. The Labute approximate surface area is 117 Å². The van der Waals surface area contributed by atoms with Crippen molar-refractivity contribution in [3.05, 3.63) is 18.3 Å². The zero-order valence-corrected chi connectivity index (χ0v) is 12.0. The monoisotopic (exact) mass is 299 g/mol. The molecule has 1 aromatic rings. The number of piperazine rings is 1. The van der Waals surface area contributed by atoms with Crippen molar-refractivity contribution in [3.8, 4) is 0 Å². The van der Waals surface area contributed by atoms with E-state index in [1.54, 1.807) is 18.3 Å². The van der Waals surface area contributed by atoms with Crippen molar-refractivity contribution in [2.45, 2.75) is 4.90 Å². The molecule has 1 aliphatic heterocycles. The van der Waals surface area contributed by atoms with Gasteiger partial charge in [-0.05, 0) is 12.1 Å². The molecule has 2 rings (SSSR count). The van der Waals surface area contributed by atoms with Gasteiger partial charge in [0.15, 0.2) is 9.84 Å². The fourth-order valence-corrected chi connectivity index (χ4v) is 3.06. The number of anilines is 1. The summed E-state index contributed by atoms with van der Waals surface area (Å²) >= 11 is 0. The summed E-state index contributed by atoms with van der Waals surface area (Å²) in [6.07, 6.45) is 2.72. The molecule has 0 aliphatic carbocycles. The van der Waals surface area contributed by atoms with Gasteiger partial charge < -0.3 is 10.0 Å². The second-order valence-electron chi connectivity index (χ2n) is 4.75. The average Bonchev–Trinajstić information content (AvgIpc) is 2.38. The van der Waals surface area contributed by atoms with E-state index in [-0.39, 0.29) is 11.4 Å². The number of sulfone groups is 1. The van der Waals surface area contributed by atoms with Gasteiger partial charge in [-0.3, -0.25) is 9.69 Å². The van der Waals surface area contributed by atoms with Crippen LogP contribution in [-0.2, 0) is 14.6 Å². The van der Waals surface area contributed by atoms with Gasteiger partial charge in [0.05, 0.1) is 6.54 Å². The number of aromatic nitrogens is 1. The maximum atomic E-state index is 11.8. The van der Waals surface area contributed by atoms with Gasteiger partial charge in [0.25, 0.3) is 0 Å². The molecule has 0 bridgehead atoms. The summed E-state index contributed by atoms with van der Waals surface area (Å²) in [5.74, 6) is -0.405. The number of pyridine rings is 1. The van der Waals surface area contributed by atoms with Crippen molar-refractivity contribution in [1.29, 1.82) is 0 Å². The van der Waals surface area contributed by atoms with Crippen molar-refractivity contribution >= 4 is 21.6 Å². The van der Waals surface area contributed by atoms with Crippen LogP contribution < -0.4 is 4.90 Å². The maximum absolute atomic E-state index is 11.8. The van der Waals surface area contributed by atoms with Gasteiger partial charge in [-0.2, -0.15) is 0 Å². The van der Waals surface area contributed by atoms with Crippen molar-refractivity contribution in [1.82, 2.24) is 9.88 Å². The molecule has 0 amide bonds. The SMILES string of the molecule is CS(=O)(=O)c1cccnc1N1CCN(CC(=O)O)CC1. The summed E-state index contributed by atoms with van der Waals surface area (Å²) < 4.78 is 23.5. The molecule has 0 spiro atoms. The first-order valence-electron chi connectivity index (χ1n) is 6.22. The first-order chi connectivity index (χ1) is 9.38. The number of hydrogen-bond donors (Lipinski definition) is 1. The predicted molar refractivity (Wildman–Crippen MR) is 73.6 cm³/mol. The van der Waals surface area contributed by atoms with E-state index in [1.165, 1.54) is 0 Å². The lowest BCUT2D eigenvalue weighted by Crippen LogP contribution is -2.48. The predicted octanol–water partition coefficient (Wildman–Crippen LogP) is -0.308. The van der Waals surface area contributed by atoms with Crippen LogP contribution in [0, 0.1) is 0 Å². The van der Waals surface area contributed by atoms with E-state index in [0.717, 1.165) is 6.26 Å². The van der Waals surface area contributed by atoms with E-state index in [9.17, 15) is 13.2 Å². The smallest absolute Gasteiger partial charge is 0.317 e. The molecule has 1 saturated heterocycles. The number of rotatable bonds is 4. The fraction of sp³-hybridized carbons (Fsp3) is 0.500. The molecule has 8 heteroatoms. The Balaban J connectivity index is 2.14. The van der Waals surface area contributed by atoms with Gasteiger partial charge in [0.1, 0.15) is 10.7 Å². The van der Waals surface area contributed by atoms with Crippen molar-refractivity contribution in [2.75, 3.05) is 43.9 Å². The van der Waals surface area contributed by atoms with E-state index >= 15 is 0 Å². The number of nitrogens with zero attached hydrogens (tertiary/aromatic N) is 3. The van der Waals surface area contributed by atoms with Gasteiger partial charge in [0, 0.05) is 38.6 Å². The summed E-state index contributed by atoms with van der Waals surface area (Å²) in [7, 11) is -3.33. The van der Waals surface area contributed by atoms with Gasteiger partial charge in [0.2, 0.25) is 0 Å². The highest BCUT2D eigenvalue weighted by Gasteiger charge is 2.24. The third-order valence-electron chi connectivity index (χ3n) is 3.18. The van der Waals surface area contributed by atoms with E-state index in [4.69, 9.17) is 5.11 Å². The second kappa shape index (κ2) is 5.76. The summed E-state index contributed by atoms with van der Waals surface area (Å²) in [5.41, 5.74) is 0. The summed E-state index contributed by atoms with van der Waals surface area (Å²) in [4.78, 5) is 18.7. The number of carboxylic acid groups (broad SMARTS) is 1. The van der Waals surface area contributed by atoms with Crippen LogP contribution in [0.2, 0.25) is 0 Å². The number of carbonyl (C=O) groups is 1. The average molecular weight is 299 g/mol. The minimum atomic E-state index is -3.33. The molecule has 1 aromatic heterocycles. The molecular formula is C12H17N3O4S. The van der Waals surface area contributed by atoms with Crippen LogP contribution in [0.5, 0.6) is 0 Å². The Morgan fingerprint density at radius 1 is 1.35 bits per heavy atom. The number of aliphatic carboxylic acids is 1. The lowest BCUT2D eigenvalue weighted by Gasteiger charge is -2.35. The largest absolute Gasteiger partial charge is 0.480 e. The molecule has 0 saturated carbocycles. The van der Waals surface area contributed by atoms with Crippen LogP contribution >= 0.6 is 0 Å². The van der Waals surface area contributed by atoms with Gasteiger partial charge in [-0.15, -0.1) is 0 Å². The topological polar surface area (TPSA) is 90.8 Å². The summed E-state index contributed by atoms with van der Waals surface area (Å²) in [6, 6.07) is 3.14. The zero-order valence-electron chi connectivity index (χ0n) is 11.2. The summed E-state index contributed by atoms with van der Waals surface area (Å²) in [6.45, 7) is 2.28. The summed E-state index contributed by atoms with van der Waals surface area (Å²) in [5, 5.41) is 8.75. The van der Waals surface area contributed by atoms with Crippen molar-refractivity contribution in [3.63, 3.8) is 0 Å². The molecule has 0 atom stereocenters. The molecule has 0 unspecified atom stereocenters. The highest BCUT2D eigenvalue weighted by molar-refractivity contribution is 7.90. The molecule has 20 heavy (non-hydrogen) atoms. The first kappa shape index (κ1) is 14.7. The third-order valence-corrected chi connectivity index (χ3v) is 4.30. The van der Waals surface area contributed by atoms with Crippen LogP contribution in [0.4, 0.5) is 5.82 Å². The van der Waals surface area contributed by atoms with Gasteiger partial charge in [-0.25, -0.2) is 13.4 Å². The van der Waals surface area contributed by atoms with Crippen LogP contribution in [0.15, 0.2) is 23.2 Å².